The molecule has 0 saturated carbocycles. The highest BCUT2D eigenvalue weighted by Crippen LogP contribution is 2.49. The third-order valence-electron chi connectivity index (χ3n) is 8.69. The highest BCUT2D eigenvalue weighted by molar-refractivity contribution is 6.06. The van der Waals surface area contributed by atoms with Gasteiger partial charge in [0.2, 0.25) is 0 Å². The standard InChI is InChI=1S/C44H30/c1-2-6-20-33(19-5-1)44-42-29-34(38-23-13-11-21-36(38)31-15-7-3-8-16-31)25-27-40(42)41-28-26-35(30-43(41)44)39-24-14-12-22-37(39)32-17-9-4-10-18-32/h1-30H. The van der Waals surface area contributed by atoms with Gasteiger partial charge >= 0.3 is 0 Å². The van der Waals surface area contributed by atoms with Gasteiger partial charge in [-0.1, -0.05) is 170 Å². The molecule has 0 atom stereocenters. The van der Waals surface area contributed by atoms with Crippen LogP contribution in [0.1, 0.15) is 11.1 Å². The van der Waals surface area contributed by atoms with Crippen molar-refractivity contribution in [3.63, 3.8) is 0 Å². The molecule has 0 aliphatic heterocycles. The van der Waals surface area contributed by atoms with Gasteiger partial charge in [-0.2, -0.15) is 0 Å². The molecule has 0 unspecified atom stereocenters. The second kappa shape index (κ2) is 11.2. The highest BCUT2D eigenvalue weighted by atomic mass is 14.3. The molecular weight excluding hydrogens is 528 g/mol. The zero-order chi connectivity index (χ0) is 29.3. The van der Waals surface area contributed by atoms with E-state index in [0.29, 0.717) is 0 Å². The fraction of sp³-hybridized carbons (Fsp3) is 0. The van der Waals surface area contributed by atoms with Gasteiger partial charge in [0.1, 0.15) is 0 Å². The first-order valence-corrected chi connectivity index (χ1v) is 15.2. The lowest BCUT2D eigenvalue weighted by molar-refractivity contribution is 1.56. The predicted molar refractivity (Wildman–Crippen MR) is 187 cm³/mol. The van der Waals surface area contributed by atoms with Crippen LogP contribution in [0, 0.1) is 0 Å². The topological polar surface area (TPSA) is 0 Å². The van der Waals surface area contributed by atoms with E-state index in [1.807, 2.05) is 0 Å². The highest BCUT2D eigenvalue weighted by Gasteiger charge is 2.27. The minimum atomic E-state index is 1.22. The molecular formula is C44H30. The Morgan fingerprint density at radius 3 is 1.07 bits per heavy atom. The zero-order valence-corrected chi connectivity index (χ0v) is 24.3. The second-order valence-electron chi connectivity index (χ2n) is 11.3. The summed E-state index contributed by atoms with van der Waals surface area (Å²) in [4.78, 5) is 0. The van der Waals surface area contributed by atoms with Crippen LogP contribution in [0.2, 0.25) is 0 Å². The Kier molecular flexibility index (Phi) is 6.59. The number of hydrogen-bond donors (Lipinski definition) is 0. The molecule has 8 rings (SSSR count). The first-order valence-electron chi connectivity index (χ1n) is 15.2. The van der Waals surface area contributed by atoms with Crippen LogP contribution in [0.3, 0.4) is 0 Å². The van der Waals surface area contributed by atoms with Crippen LogP contribution in [0.25, 0.3) is 61.2 Å². The summed E-state index contributed by atoms with van der Waals surface area (Å²) in [6, 6.07) is 52.9. The smallest absolute Gasteiger partial charge is 0.00259 e. The minimum Gasteiger partial charge on any atom is -0.0622 e. The molecule has 0 spiro atoms. The van der Waals surface area contributed by atoms with Crippen molar-refractivity contribution in [2.45, 2.75) is 0 Å². The van der Waals surface area contributed by atoms with Crippen molar-refractivity contribution < 1.29 is 0 Å². The number of rotatable bonds is 4. The molecule has 2 aliphatic rings. The van der Waals surface area contributed by atoms with E-state index in [-0.39, 0.29) is 0 Å². The maximum absolute atomic E-state index is 2.40. The van der Waals surface area contributed by atoms with Crippen LogP contribution in [-0.2, 0) is 0 Å². The van der Waals surface area contributed by atoms with E-state index in [2.05, 4.69) is 182 Å². The Hall–Kier alpha value is -5.72. The maximum Gasteiger partial charge on any atom is -0.00259 e. The summed E-state index contributed by atoms with van der Waals surface area (Å²) < 4.78 is 0. The van der Waals surface area contributed by atoms with Gasteiger partial charge in [-0.15, -0.1) is 0 Å². The summed E-state index contributed by atoms with van der Waals surface area (Å²) in [5, 5.41) is 0. The van der Waals surface area contributed by atoms with E-state index in [1.165, 1.54) is 77.9 Å². The van der Waals surface area contributed by atoms with Crippen LogP contribution in [0.5, 0.6) is 0 Å². The Bertz CT molecular complexity index is 1980. The van der Waals surface area contributed by atoms with Crippen molar-refractivity contribution >= 4 is 5.57 Å². The predicted octanol–water partition coefficient (Wildman–Crippen LogP) is 11.8. The van der Waals surface area contributed by atoms with Crippen molar-refractivity contribution in [2.75, 3.05) is 0 Å². The van der Waals surface area contributed by atoms with Crippen molar-refractivity contribution in [2.24, 2.45) is 0 Å². The van der Waals surface area contributed by atoms with Gasteiger partial charge in [0.15, 0.2) is 0 Å². The molecule has 6 aromatic rings. The summed E-state index contributed by atoms with van der Waals surface area (Å²) in [6.07, 6.45) is 13.0. The average Bonchev–Trinajstić information content (AvgIpc) is 3.21. The lowest BCUT2D eigenvalue weighted by atomic mass is 9.90. The molecule has 0 heteroatoms. The summed E-state index contributed by atoms with van der Waals surface area (Å²) in [5.74, 6) is 0. The Morgan fingerprint density at radius 2 is 0.636 bits per heavy atom. The van der Waals surface area contributed by atoms with E-state index in [1.54, 1.807) is 0 Å². The lowest BCUT2D eigenvalue weighted by Crippen LogP contribution is -1.90. The van der Waals surface area contributed by atoms with Crippen LogP contribution in [0.15, 0.2) is 188 Å². The molecule has 44 heavy (non-hydrogen) atoms. The van der Waals surface area contributed by atoms with Crippen LogP contribution < -0.4 is 0 Å². The monoisotopic (exact) mass is 558 g/mol. The van der Waals surface area contributed by atoms with E-state index in [4.69, 9.17) is 0 Å². The van der Waals surface area contributed by atoms with Gasteiger partial charge in [-0.3, -0.25) is 0 Å². The van der Waals surface area contributed by atoms with Gasteiger partial charge in [0.25, 0.3) is 0 Å². The van der Waals surface area contributed by atoms with E-state index < -0.39 is 0 Å². The number of fused-ring (bicyclic) bond motifs is 3. The molecule has 2 aliphatic carbocycles. The Balaban J connectivity index is 1.32. The van der Waals surface area contributed by atoms with Gasteiger partial charge in [-0.25, -0.2) is 0 Å². The molecule has 0 fully saturated rings. The number of allylic oxidation sites excluding steroid dienone is 7. The van der Waals surface area contributed by atoms with Crippen LogP contribution in [-0.4, -0.2) is 0 Å². The normalized spacial score (nSPS) is 13.1. The third-order valence-corrected chi connectivity index (χ3v) is 8.69. The molecule has 0 amide bonds. The van der Waals surface area contributed by atoms with E-state index >= 15 is 0 Å². The van der Waals surface area contributed by atoms with Crippen molar-refractivity contribution in [3.8, 4) is 55.6 Å². The molecule has 6 aromatic carbocycles. The summed E-state index contributed by atoms with van der Waals surface area (Å²) in [5.41, 5.74) is 17.5. The van der Waals surface area contributed by atoms with Gasteiger partial charge in [0, 0.05) is 0 Å². The van der Waals surface area contributed by atoms with Crippen molar-refractivity contribution in [1.82, 2.24) is 0 Å². The fourth-order valence-electron chi connectivity index (χ4n) is 6.64. The molecule has 0 nitrogen and oxygen atoms in total. The minimum absolute atomic E-state index is 1.22. The first kappa shape index (κ1) is 25.9. The maximum atomic E-state index is 2.40. The van der Waals surface area contributed by atoms with E-state index in [9.17, 15) is 0 Å². The number of hydrogen-bond acceptors (Lipinski definition) is 0. The summed E-state index contributed by atoms with van der Waals surface area (Å²) >= 11 is 0. The van der Waals surface area contributed by atoms with Crippen molar-refractivity contribution in [1.29, 1.82) is 0 Å². The molecule has 0 aromatic heterocycles. The quantitative estimate of drug-likeness (QED) is 0.202. The molecule has 0 bridgehead atoms. The SMILES string of the molecule is C1=CC=CC(=C2c3cc(-c4ccccc4-c4ccccc4)ccc3-c3ccc(-c4ccccc4-c4ccccc4)cc32)C=C1. The van der Waals surface area contributed by atoms with Gasteiger partial charge < -0.3 is 0 Å². The molecule has 0 radical (unpaired) electrons. The van der Waals surface area contributed by atoms with Crippen LogP contribution in [0.4, 0.5) is 0 Å². The molecule has 0 saturated heterocycles. The van der Waals surface area contributed by atoms with Crippen molar-refractivity contribution in [3.05, 3.63) is 199 Å². The lowest BCUT2D eigenvalue weighted by Gasteiger charge is -2.13. The molecule has 0 N–H and O–H groups in total. The first-order chi connectivity index (χ1) is 21.8. The molecule has 0 heterocycles. The fourth-order valence-corrected chi connectivity index (χ4v) is 6.64. The third kappa shape index (κ3) is 4.58. The number of benzene rings is 6. The van der Waals surface area contributed by atoms with Crippen LogP contribution >= 0.6 is 0 Å². The Labute approximate surface area is 259 Å². The zero-order valence-electron chi connectivity index (χ0n) is 24.3. The molecule has 206 valence electrons. The van der Waals surface area contributed by atoms with E-state index in [0.717, 1.165) is 0 Å². The largest absolute Gasteiger partial charge is 0.0622 e. The Morgan fingerprint density at radius 1 is 0.250 bits per heavy atom. The van der Waals surface area contributed by atoms with Gasteiger partial charge in [-0.05, 0) is 90.0 Å². The summed E-state index contributed by atoms with van der Waals surface area (Å²) in [6.45, 7) is 0. The summed E-state index contributed by atoms with van der Waals surface area (Å²) in [7, 11) is 0. The van der Waals surface area contributed by atoms with Gasteiger partial charge in [0.05, 0.1) is 0 Å². The average molecular weight is 559 g/mol. The second-order valence-corrected chi connectivity index (χ2v) is 11.3.